The molecule has 2 heterocycles. The largest absolute Gasteiger partial charge is 0.340 e. The molecule has 0 bridgehead atoms. The van der Waals surface area contributed by atoms with Crippen LogP contribution in [0.15, 0.2) is 27.5 Å². The van der Waals surface area contributed by atoms with Gasteiger partial charge in [-0.2, -0.15) is 10.2 Å². The van der Waals surface area contributed by atoms with Gasteiger partial charge in [0.05, 0.1) is 33.6 Å². The fourth-order valence-corrected chi connectivity index (χ4v) is 2.74. The molecule has 0 fully saturated rings. The van der Waals surface area contributed by atoms with Crippen molar-refractivity contribution in [2.75, 3.05) is 7.05 Å². The maximum atomic E-state index is 12.2. The predicted octanol–water partition coefficient (Wildman–Crippen LogP) is 2.67. The summed E-state index contributed by atoms with van der Waals surface area (Å²) in [5.74, 6) is 0.0809. The third kappa shape index (κ3) is 4.16. The molecule has 0 radical (unpaired) electrons. The van der Waals surface area contributed by atoms with Gasteiger partial charge in [-0.05, 0) is 38.8 Å². The first-order valence-corrected chi connectivity index (χ1v) is 8.22. The monoisotopic (exact) mass is 417 g/mol. The molecule has 0 aliphatic heterocycles. The minimum absolute atomic E-state index is 0.0809. The summed E-state index contributed by atoms with van der Waals surface area (Å²) in [6.07, 6.45) is 5.75. The zero-order chi connectivity index (χ0) is 15.4. The van der Waals surface area contributed by atoms with E-state index in [9.17, 15) is 4.79 Å². The van der Waals surface area contributed by atoms with Crippen molar-refractivity contribution in [3.63, 3.8) is 0 Å². The van der Waals surface area contributed by atoms with Gasteiger partial charge in [0.2, 0.25) is 5.91 Å². The summed E-state index contributed by atoms with van der Waals surface area (Å²) in [5.41, 5.74) is 1.01. The van der Waals surface area contributed by atoms with Gasteiger partial charge in [0.15, 0.2) is 0 Å². The van der Waals surface area contributed by atoms with E-state index in [4.69, 9.17) is 0 Å². The summed E-state index contributed by atoms with van der Waals surface area (Å²) in [4.78, 5) is 13.9. The van der Waals surface area contributed by atoms with Crippen LogP contribution in [0.1, 0.15) is 19.0 Å². The van der Waals surface area contributed by atoms with Gasteiger partial charge in [0, 0.05) is 32.8 Å². The first-order valence-electron chi connectivity index (χ1n) is 6.63. The molecule has 1 amide bonds. The van der Waals surface area contributed by atoms with E-state index in [1.165, 1.54) is 0 Å². The summed E-state index contributed by atoms with van der Waals surface area (Å²) >= 11 is 6.81. The molecular formula is C13H17Br2N5O. The van der Waals surface area contributed by atoms with Crippen molar-refractivity contribution in [2.45, 2.75) is 33.0 Å². The highest BCUT2D eigenvalue weighted by Gasteiger charge is 2.14. The van der Waals surface area contributed by atoms with Crippen LogP contribution in [0.2, 0.25) is 0 Å². The molecule has 0 atom stereocenters. The molecule has 0 aromatic carbocycles. The number of carbonyl (C=O) groups is 1. The number of rotatable bonds is 6. The van der Waals surface area contributed by atoms with Crippen LogP contribution in [0.4, 0.5) is 0 Å². The van der Waals surface area contributed by atoms with E-state index in [0.29, 0.717) is 19.5 Å². The highest BCUT2D eigenvalue weighted by molar-refractivity contribution is 9.10. The third-order valence-electron chi connectivity index (χ3n) is 3.17. The van der Waals surface area contributed by atoms with E-state index >= 15 is 0 Å². The molecule has 0 unspecified atom stereocenters. The van der Waals surface area contributed by atoms with E-state index in [0.717, 1.165) is 21.2 Å². The highest BCUT2D eigenvalue weighted by Crippen LogP contribution is 2.18. The summed E-state index contributed by atoms with van der Waals surface area (Å²) < 4.78 is 5.49. The lowest BCUT2D eigenvalue weighted by Gasteiger charge is -2.18. The van der Waals surface area contributed by atoms with E-state index in [-0.39, 0.29) is 5.91 Å². The Labute approximate surface area is 140 Å². The molecule has 6 nitrogen and oxygen atoms in total. The zero-order valence-corrected chi connectivity index (χ0v) is 15.1. The summed E-state index contributed by atoms with van der Waals surface area (Å²) in [6.45, 7) is 3.92. The van der Waals surface area contributed by atoms with Crippen LogP contribution in [0.5, 0.6) is 0 Å². The van der Waals surface area contributed by atoms with Crippen LogP contribution in [-0.4, -0.2) is 37.4 Å². The Hall–Kier alpha value is -1.15. The normalized spacial score (nSPS) is 10.9. The van der Waals surface area contributed by atoms with Crippen molar-refractivity contribution < 1.29 is 4.79 Å². The van der Waals surface area contributed by atoms with Gasteiger partial charge in [0.1, 0.15) is 0 Å². The van der Waals surface area contributed by atoms with Gasteiger partial charge in [0.25, 0.3) is 0 Å². The average molecular weight is 419 g/mol. The Kier molecular flexibility index (Phi) is 5.58. The van der Waals surface area contributed by atoms with Crippen molar-refractivity contribution in [1.29, 1.82) is 0 Å². The first-order chi connectivity index (χ1) is 10.0. The Morgan fingerprint density at radius 2 is 2.10 bits per heavy atom. The van der Waals surface area contributed by atoms with Crippen molar-refractivity contribution in [1.82, 2.24) is 24.5 Å². The number of aryl methyl sites for hydroxylation is 2. The number of aromatic nitrogens is 4. The van der Waals surface area contributed by atoms with Crippen molar-refractivity contribution in [3.05, 3.63) is 33.2 Å². The van der Waals surface area contributed by atoms with Gasteiger partial charge in [-0.15, -0.1) is 0 Å². The van der Waals surface area contributed by atoms with Crippen LogP contribution in [0, 0.1) is 0 Å². The maximum Gasteiger partial charge on any atom is 0.224 e. The van der Waals surface area contributed by atoms with Crippen LogP contribution < -0.4 is 0 Å². The molecule has 21 heavy (non-hydrogen) atoms. The number of nitrogens with zero attached hydrogens (tertiary/aromatic N) is 5. The molecule has 0 aliphatic rings. The van der Waals surface area contributed by atoms with Crippen molar-refractivity contribution in [3.8, 4) is 0 Å². The number of halogens is 2. The third-order valence-corrected chi connectivity index (χ3v) is 4.24. The van der Waals surface area contributed by atoms with Gasteiger partial charge in [-0.25, -0.2) is 0 Å². The lowest BCUT2D eigenvalue weighted by atomic mass is 10.3. The van der Waals surface area contributed by atoms with E-state index < -0.39 is 0 Å². The number of hydrogen-bond donors (Lipinski definition) is 0. The Morgan fingerprint density at radius 3 is 2.71 bits per heavy atom. The second-order valence-electron chi connectivity index (χ2n) is 4.68. The quantitative estimate of drug-likeness (QED) is 0.724. The van der Waals surface area contributed by atoms with Gasteiger partial charge in [-0.1, -0.05) is 0 Å². The zero-order valence-electron chi connectivity index (χ0n) is 12.0. The topological polar surface area (TPSA) is 56.0 Å². The molecule has 0 N–H and O–H groups in total. The molecule has 0 spiro atoms. The van der Waals surface area contributed by atoms with Crippen molar-refractivity contribution in [2.24, 2.45) is 0 Å². The van der Waals surface area contributed by atoms with Crippen LogP contribution in [0.25, 0.3) is 0 Å². The lowest BCUT2D eigenvalue weighted by molar-refractivity contribution is -0.130. The standard InChI is InChI=1S/C13H17Br2N5O/c1-3-20-12(11(15)7-17-20)9-18(2)13(21)4-5-19-8-10(14)6-16-19/h6-8H,3-5,9H2,1-2H3. The van der Waals surface area contributed by atoms with Crippen molar-refractivity contribution >= 4 is 37.8 Å². The smallest absolute Gasteiger partial charge is 0.224 e. The molecule has 114 valence electrons. The van der Waals surface area contributed by atoms with Gasteiger partial charge in [-0.3, -0.25) is 14.2 Å². The molecule has 2 aromatic heterocycles. The maximum absolute atomic E-state index is 12.2. The number of hydrogen-bond acceptors (Lipinski definition) is 3. The second-order valence-corrected chi connectivity index (χ2v) is 6.45. The van der Waals surface area contributed by atoms with E-state index in [1.807, 2.05) is 17.8 Å². The fourth-order valence-electron chi connectivity index (χ4n) is 1.99. The number of carbonyl (C=O) groups excluding carboxylic acids is 1. The van der Waals surface area contributed by atoms with E-state index in [2.05, 4.69) is 42.1 Å². The Morgan fingerprint density at radius 1 is 1.33 bits per heavy atom. The summed E-state index contributed by atoms with van der Waals surface area (Å²) in [5, 5.41) is 8.40. The highest BCUT2D eigenvalue weighted by atomic mass is 79.9. The molecule has 2 aromatic rings. The molecule has 0 saturated heterocycles. The Balaban J connectivity index is 1.91. The fraction of sp³-hybridized carbons (Fsp3) is 0.462. The minimum Gasteiger partial charge on any atom is -0.340 e. The molecule has 0 aliphatic carbocycles. The Bertz CT molecular complexity index is 622. The van der Waals surface area contributed by atoms with Crippen LogP contribution >= 0.6 is 31.9 Å². The molecule has 8 heteroatoms. The first kappa shape index (κ1) is 16.2. The SMILES string of the molecule is CCn1ncc(Br)c1CN(C)C(=O)CCn1cc(Br)cn1. The summed E-state index contributed by atoms with van der Waals surface area (Å²) in [7, 11) is 1.81. The molecule has 2 rings (SSSR count). The van der Waals surface area contributed by atoms with Crippen LogP contribution in [0.3, 0.4) is 0 Å². The van der Waals surface area contributed by atoms with Crippen LogP contribution in [-0.2, 0) is 24.4 Å². The van der Waals surface area contributed by atoms with Gasteiger partial charge >= 0.3 is 0 Å². The minimum atomic E-state index is 0.0809. The molecular weight excluding hydrogens is 402 g/mol. The summed E-state index contributed by atoms with van der Waals surface area (Å²) in [6, 6.07) is 0. The number of amides is 1. The van der Waals surface area contributed by atoms with E-state index in [1.54, 1.807) is 29.0 Å². The second kappa shape index (κ2) is 7.22. The molecule has 0 saturated carbocycles. The predicted molar refractivity (Wildman–Crippen MR) is 86.6 cm³/mol. The van der Waals surface area contributed by atoms with Gasteiger partial charge < -0.3 is 4.90 Å². The lowest BCUT2D eigenvalue weighted by Crippen LogP contribution is -2.28. The average Bonchev–Trinajstić information content (AvgIpc) is 3.03.